The molecule has 2 N–H and O–H groups in total. The van der Waals surface area contributed by atoms with E-state index in [9.17, 15) is 9.59 Å². The Hall–Kier alpha value is -1.54. The molecule has 2 fully saturated rings. The van der Waals surface area contributed by atoms with Gasteiger partial charge in [-0.1, -0.05) is 11.6 Å². The molecule has 2 bridgehead atoms. The fourth-order valence-electron chi connectivity index (χ4n) is 3.27. The van der Waals surface area contributed by atoms with Crippen LogP contribution in [-0.4, -0.2) is 55.8 Å². The van der Waals surface area contributed by atoms with E-state index in [-0.39, 0.29) is 41.5 Å². The second-order valence-electron chi connectivity index (χ2n) is 6.30. The maximum absolute atomic E-state index is 12.7. The van der Waals surface area contributed by atoms with Gasteiger partial charge in [0.05, 0.1) is 36.1 Å². The zero-order valence-corrected chi connectivity index (χ0v) is 16.3. The number of fused-ring (bicyclic) bond motifs is 2. The lowest BCUT2D eigenvalue weighted by molar-refractivity contribution is -0.114. The summed E-state index contributed by atoms with van der Waals surface area (Å²) in [6.07, 6.45) is 2.24. The molecule has 3 unspecified atom stereocenters. The van der Waals surface area contributed by atoms with E-state index < -0.39 is 0 Å². The SMILES string of the molecule is COc1cc(NC(C)=O)c(Cl)cc1C(=O)NC1COC2CCCN1C2.Cl. The number of methoxy groups -OCH3 is 1. The third-order valence-electron chi connectivity index (χ3n) is 4.48. The molecule has 2 amide bonds. The Balaban J connectivity index is 0.00000243. The molecule has 3 atom stereocenters. The molecule has 26 heavy (non-hydrogen) atoms. The molecular formula is C17H23Cl2N3O4. The predicted octanol–water partition coefficient (Wildman–Crippen LogP) is 2.28. The minimum absolute atomic E-state index is 0. The number of hydrogen-bond acceptors (Lipinski definition) is 5. The number of ether oxygens (including phenoxy) is 2. The van der Waals surface area contributed by atoms with E-state index in [1.807, 2.05) is 0 Å². The number of morpholine rings is 1. The largest absolute Gasteiger partial charge is 0.496 e. The van der Waals surface area contributed by atoms with Gasteiger partial charge in [0, 0.05) is 26.1 Å². The van der Waals surface area contributed by atoms with Gasteiger partial charge in [-0.15, -0.1) is 12.4 Å². The van der Waals surface area contributed by atoms with Gasteiger partial charge >= 0.3 is 0 Å². The molecule has 2 saturated heterocycles. The Bertz CT molecular complexity index is 686. The minimum atomic E-state index is -0.286. The smallest absolute Gasteiger partial charge is 0.256 e. The van der Waals surface area contributed by atoms with E-state index in [0.717, 1.165) is 25.9 Å². The molecule has 1 aromatic carbocycles. The summed E-state index contributed by atoms with van der Waals surface area (Å²) in [5.74, 6) is -0.190. The van der Waals surface area contributed by atoms with Crippen LogP contribution in [0, 0.1) is 0 Å². The number of carbonyl (C=O) groups is 2. The van der Waals surface area contributed by atoms with Crippen LogP contribution in [0.3, 0.4) is 0 Å². The van der Waals surface area contributed by atoms with Gasteiger partial charge in [-0.3, -0.25) is 14.5 Å². The van der Waals surface area contributed by atoms with Crippen LogP contribution in [0.2, 0.25) is 5.02 Å². The highest BCUT2D eigenvalue weighted by Crippen LogP contribution is 2.31. The van der Waals surface area contributed by atoms with Gasteiger partial charge in [0.1, 0.15) is 11.9 Å². The number of carbonyl (C=O) groups excluding carboxylic acids is 2. The van der Waals surface area contributed by atoms with Crippen LogP contribution in [0.1, 0.15) is 30.1 Å². The van der Waals surface area contributed by atoms with Gasteiger partial charge in [0.25, 0.3) is 5.91 Å². The third-order valence-corrected chi connectivity index (χ3v) is 4.80. The maximum atomic E-state index is 12.7. The molecule has 0 aliphatic carbocycles. The van der Waals surface area contributed by atoms with Gasteiger partial charge in [-0.05, 0) is 18.9 Å². The molecule has 144 valence electrons. The first-order valence-electron chi connectivity index (χ1n) is 8.29. The second-order valence-corrected chi connectivity index (χ2v) is 6.70. The summed E-state index contributed by atoms with van der Waals surface area (Å²) in [7, 11) is 1.47. The molecular weight excluding hydrogens is 381 g/mol. The Labute approximate surface area is 163 Å². The normalized spacial score (nSPS) is 24.2. The fourth-order valence-corrected chi connectivity index (χ4v) is 3.48. The summed E-state index contributed by atoms with van der Waals surface area (Å²) in [6.45, 7) is 3.64. The van der Waals surface area contributed by atoms with Crippen molar-refractivity contribution in [1.29, 1.82) is 0 Å². The van der Waals surface area contributed by atoms with Crippen molar-refractivity contribution in [2.45, 2.75) is 32.0 Å². The maximum Gasteiger partial charge on any atom is 0.256 e. The summed E-state index contributed by atoms with van der Waals surface area (Å²) in [4.78, 5) is 26.2. The Morgan fingerprint density at radius 3 is 2.85 bits per heavy atom. The minimum Gasteiger partial charge on any atom is -0.496 e. The molecule has 0 aromatic heterocycles. The zero-order valence-electron chi connectivity index (χ0n) is 14.7. The van der Waals surface area contributed by atoms with E-state index >= 15 is 0 Å². The molecule has 0 spiro atoms. The number of nitrogens with zero attached hydrogens (tertiary/aromatic N) is 1. The highest BCUT2D eigenvalue weighted by Gasteiger charge is 2.33. The zero-order chi connectivity index (χ0) is 18.0. The summed E-state index contributed by atoms with van der Waals surface area (Å²) in [6, 6.07) is 3.05. The number of amides is 2. The average Bonchev–Trinajstić information content (AvgIpc) is 2.58. The molecule has 0 saturated carbocycles. The second kappa shape index (κ2) is 8.90. The number of hydrogen-bond donors (Lipinski definition) is 2. The quantitative estimate of drug-likeness (QED) is 0.805. The number of anilines is 1. The van der Waals surface area contributed by atoms with Crippen molar-refractivity contribution in [3.63, 3.8) is 0 Å². The highest BCUT2D eigenvalue weighted by molar-refractivity contribution is 6.34. The van der Waals surface area contributed by atoms with Crippen molar-refractivity contribution in [1.82, 2.24) is 10.2 Å². The van der Waals surface area contributed by atoms with Crippen LogP contribution in [0.15, 0.2) is 12.1 Å². The first kappa shape index (κ1) is 20.8. The molecule has 3 rings (SSSR count). The van der Waals surface area contributed by atoms with Crippen molar-refractivity contribution in [3.8, 4) is 5.75 Å². The van der Waals surface area contributed by atoms with Crippen LogP contribution in [0.25, 0.3) is 0 Å². The van der Waals surface area contributed by atoms with Gasteiger partial charge < -0.3 is 20.1 Å². The average molecular weight is 404 g/mol. The van der Waals surface area contributed by atoms with Gasteiger partial charge in [0.15, 0.2) is 0 Å². The fraction of sp³-hybridized carbons (Fsp3) is 0.529. The third kappa shape index (κ3) is 4.59. The van der Waals surface area contributed by atoms with Crippen molar-refractivity contribution in [2.75, 3.05) is 32.1 Å². The first-order valence-corrected chi connectivity index (χ1v) is 8.67. The Morgan fingerprint density at radius 2 is 2.15 bits per heavy atom. The summed E-state index contributed by atoms with van der Waals surface area (Å²) < 4.78 is 11.1. The van der Waals surface area contributed by atoms with Gasteiger partial charge in [0.2, 0.25) is 5.91 Å². The molecule has 9 heteroatoms. The van der Waals surface area contributed by atoms with Gasteiger partial charge in [-0.2, -0.15) is 0 Å². The molecule has 2 heterocycles. The number of halogens is 2. The van der Waals surface area contributed by atoms with E-state index in [0.29, 0.717) is 23.6 Å². The first-order chi connectivity index (χ1) is 12.0. The van der Waals surface area contributed by atoms with Crippen molar-refractivity contribution in [2.24, 2.45) is 0 Å². The number of benzene rings is 1. The van der Waals surface area contributed by atoms with Crippen LogP contribution < -0.4 is 15.4 Å². The van der Waals surface area contributed by atoms with Crippen LogP contribution in [0.5, 0.6) is 5.75 Å². The monoisotopic (exact) mass is 403 g/mol. The molecule has 0 radical (unpaired) electrons. The number of nitrogens with one attached hydrogen (secondary N) is 2. The predicted molar refractivity (Wildman–Crippen MR) is 101 cm³/mol. The van der Waals surface area contributed by atoms with Gasteiger partial charge in [-0.25, -0.2) is 0 Å². The highest BCUT2D eigenvalue weighted by atomic mass is 35.5. The summed E-state index contributed by atoms with van der Waals surface area (Å²) in [5, 5.41) is 5.88. The van der Waals surface area contributed by atoms with Crippen molar-refractivity contribution < 1.29 is 19.1 Å². The van der Waals surface area contributed by atoms with E-state index in [2.05, 4.69) is 15.5 Å². The Kier molecular flexibility index (Phi) is 7.11. The van der Waals surface area contributed by atoms with Crippen molar-refractivity contribution in [3.05, 3.63) is 22.7 Å². The van der Waals surface area contributed by atoms with Crippen LogP contribution >= 0.6 is 24.0 Å². The lowest BCUT2D eigenvalue weighted by atomic mass is 10.1. The van der Waals surface area contributed by atoms with Crippen LogP contribution in [0.4, 0.5) is 5.69 Å². The Morgan fingerprint density at radius 1 is 1.38 bits per heavy atom. The standard InChI is InChI=1S/C17H22ClN3O4.ClH/c1-10(22)19-14-7-15(24-2)12(6-13(14)18)17(23)20-16-9-25-11-4-3-5-21(16)8-11;/h6-7,11,16H,3-5,8-9H2,1-2H3,(H,19,22)(H,20,23);1H. The molecule has 2 aliphatic rings. The van der Waals surface area contributed by atoms with E-state index in [4.69, 9.17) is 21.1 Å². The van der Waals surface area contributed by atoms with Crippen LogP contribution in [-0.2, 0) is 9.53 Å². The number of piperidine rings is 1. The molecule has 1 aromatic rings. The number of rotatable bonds is 4. The lowest BCUT2D eigenvalue weighted by Crippen LogP contribution is -2.59. The summed E-state index contributed by atoms with van der Waals surface area (Å²) in [5.41, 5.74) is 0.725. The van der Waals surface area contributed by atoms with Crippen molar-refractivity contribution >= 4 is 41.5 Å². The lowest BCUT2D eigenvalue weighted by Gasteiger charge is -2.43. The topological polar surface area (TPSA) is 79.9 Å². The summed E-state index contributed by atoms with van der Waals surface area (Å²) >= 11 is 6.19. The molecule has 2 aliphatic heterocycles. The van der Waals surface area contributed by atoms with E-state index in [1.54, 1.807) is 6.07 Å². The van der Waals surface area contributed by atoms with E-state index in [1.165, 1.54) is 20.1 Å². The molecule has 7 nitrogen and oxygen atoms in total.